The first kappa shape index (κ1) is 20.9. The first-order valence-corrected chi connectivity index (χ1v) is 8.72. The number of nitro groups is 1. The molecule has 3 rings (SSSR count). The van der Waals surface area contributed by atoms with Gasteiger partial charge in [0.2, 0.25) is 0 Å². The van der Waals surface area contributed by atoms with Crippen LogP contribution in [0.5, 0.6) is 0 Å². The van der Waals surface area contributed by atoms with Gasteiger partial charge in [-0.3, -0.25) is 15.0 Å². The van der Waals surface area contributed by atoms with Gasteiger partial charge in [0.05, 0.1) is 29.3 Å². The normalized spacial score (nSPS) is 16.7. The van der Waals surface area contributed by atoms with Crippen LogP contribution in [0.25, 0.3) is 0 Å². The molecule has 10 heteroatoms. The molecular weight excluding hydrogens is 400 g/mol. The molecule has 30 heavy (non-hydrogen) atoms. The molecule has 8 nitrogen and oxygen atoms in total. The third-order valence-corrected chi connectivity index (χ3v) is 4.86. The summed E-state index contributed by atoms with van der Waals surface area (Å²) in [5.41, 5.74) is 0.165. The van der Waals surface area contributed by atoms with Crippen molar-refractivity contribution in [3.05, 3.63) is 81.0 Å². The Bertz CT molecular complexity index is 1070. The van der Waals surface area contributed by atoms with Crippen LogP contribution in [0.1, 0.15) is 18.5 Å². The van der Waals surface area contributed by atoms with Gasteiger partial charge in [0.15, 0.2) is 0 Å². The number of rotatable bonds is 4. The molecule has 0 saturated heterocycles. The number of nitrogens with zero attached hydrogens (tertiary/aromatic N) is 3. The van der Waals surface area contributed by atoms with E-state index in [2.05, 4.69) is 0 Å². The average Bonchev–Trinajstić information content (AvgIpc) is 2.71. The van der Waals surface area contributed by atoms with Crippen LogP contribution in [0.2, 0.25) is 0 Å². The zero-order valence-corrected chi connectivity index (χ0v) is 16.3. The Kier molecular flexibility index (Phi) is 5.50. The van der Waals surface area contributed by atoms with Crippen LogP contribution < -0.4 is 4.90 Å². The largest absolute Gasteiger partial charge is 0.466 e. The average molecular weight is 417 g/mol. The van der Waals surface area contributed by atoms with Gasteiger partial charge in [-0.05, 0) is 25.1 Å². The number of nitro benzene ring substituents is 1. The Morgan fingerprint density at radius 1 is 1.17 bits per heavy atom. The molecule has 2 aromatic carbocycles. The van der Waals surface area contributed by atoms with Gasteiger partial charge in [0, 0.05) is 36.5 Å². The lowest BCUT2D eigenvalue weighted by molar-refractivity contribution is -0.384. The van der Waals surface area contributed by atoms with Crippen LogP contribution in [0.4, 0.5) is 25.0 Å². The molecule has 0 aromatic heterocycles. The predicted molar refractivity (Wildman–Crippen MR) is 103 cm³/mol. The van der Waals surface area contributed by atoms with Crippen molar-refractivity contribution in [1.29, 1.82) is 0 Å². The van der Waals surface area contributed by atoms with Gasteiger partial charge in [-0.1, -0.05) is 6.07 Å². The molecule has 1 aliphatic rings. The van der Waals surface area contributed by atoms with Crippen molar-refractivity contribution >= 4 is 23.4 Å². The highest BCUT2D eigenvalue weighted by Gasteiger charge is 2.42. The number of hydrogen-bond donors (Lipinski definition) is 0. The van der Waals surface area contributed by atoms with E-state index in [1.54, 1.807) is 0 Å². The zero-order chi connectivity index (χ0) is 22.2. The van der Waals surface area contributed by atoms with E-state index >= 15 is 0 Å². The number of anilines is 1. The number of likely N-dealkylation sites (N-methyl/N-ethyl adjacent to an activating group) is 1. The minimum atomic E-state index is -1.15. The first-order chi connectivity index (χ1) is 14.2. The van der Waals surface area contributed by atoms with Gasteiger partial charge in [-0.2, -0.15) is 0 Å². The van der Waals surface area contributed by atoms with Crippen molar-refractivity contribution < 1.29 is 28.0 Å². The number of carbonyl (C=O) groups excluding carboxylic acids is 2. The van der Waals surface area contributed by atoms with Crippen LogP contribution in [0, 0.1) is 21.7 Å². The van der Waals surface area contributed by atoms with Gasteiger partial charge >= 0.3 is 12.0 Å². The number of urea groups is 1. The van der Waals surface area contributed by atoms with Crippen LogP contribution >= 0.6 is 0 Å². The van der Waals surface area contributed by atoms with Crippen molar-refractivity contribution in [2.75, 3.05) is 19.1 Å². The van der Waals surface area contributed by atoms with Crippen molar-refractivity contribution in [2.45, 2.75) is 13.0 Å². The number of carbonyl (C=O) groups is 2. The lowest BCUT2D eigenvalue weighted by atomic mass is 9.93. The zero-order valence-electron chi connectivity index (χ0n) is 16.3. The molecule has 0 aliphatic carbocycles. The van der Waals surface area contributed by atoms with Gasteiger partial charge in [-0.15, -0.1) is 0 Å². The van der Waals surface area contributed by atoms with Gasteiger partial charge in [0.1, 0.15) is 11.6 Å². The first-order valence-electron chi connectivity index (χ1n) is 8.72. The van der Waals surface area contributed by atoms with Crippen molar-refractivity contribution in [3.63, 3.8) is 0 Å². The van der Waals surface area contributed by atoms with E-state index < -0.39 is 34.6 Å². The molecular formula is C20H17F2N3O5. The van der Waals surface area contributed by atoms with Crippen molar-refractivity contribution in [1.82, 2.24) is 4.90 Å². The Morgan fingerprint density at radius 2 is 1.80 bits per heavy atom. The maximum absolute atomic E-state index is 14.5. The van der Waals surface area contributed by atoms with E-state index in [9.17, 15) is 28.5 Å². The van der Waals surface area contributed by atoms with Gasteiger partial charge in [0.25, 0.3) is 5.69 Å². The number of allylic oxidation sites excluding steroid dienone is 1. The Hall–Kier alpha value is -3.82. The van der Waals surface area contributed by atoms with Crippen LogP contribution in [-0.4, -0.2) is 36.0 Å². The maximum Gasteiger partial charge on any atom is 0.338 e. The lowest BCUT2D eigenvalue weighted by Crippen LogP contribution is -2.49. The Morgan fingerprint density at radius 3 is 2.33 bits per heavy atom. The number of benzene rings is 2. The number of hydrogen-bond acceptors (Lipinski definition) is 5. The molecule has 0 unspecified atom stereocenters. The summed E-state index contributed by atoms with van der Waals surface area (Å²) in [7, 11) is 2.51. The number of halogens is 2. The molecule has 1 heterocycles. The summed E-state index contributed by atoms with van der Waals surface area (Å²) in [5.74, 6) is -2.51. The van der Waals surface area contributed by atoms with Crippen LogP contribution in [0.3, 0.4) is 0 Å². The molecule has 0 N–H and O–H groups in total. The molecule has 2 aromatic rings. The van der Waals surface area contributed by atoms with E-state index in [0.717, 1.165) is 24.1 Å². The third kappa shape index (κ3) is 3.47. The molecule has 0 fully saturated rings. The molecule has 156 valence electrons. The molecule has 0 spiro atoms. The summed E-state index contributed by atoms with van der Waals surface area (Å²) in [6.45, 7) is 1.48. The summed E-state index contributed by atoms with van der Waals surface area (Å²) < 4.78 is 32.7. The highest BCUT2D eigenvalue weighted by atomic mass is 19.1. The summed E-state index contributed by atoms with van der Waals surface area (Å²) in [4.78, 5) is 38.3. The Labute approximate surface area is 170 Å². The van der Waals surface area contributed by atoms with Crippen molar-refractivity contribution in [2.24, 2.45) is 0 Å². The molecule has 0 radical (unpaired) electrons. The van der Waals surface area contributed by atoms with E-state index in [1.807, 2.05) is 0 Å². The van der Waals surface area contributed by atoms with E-state index in [-0.39, 0.29) is 28.2 Å². The highest BCUT2D eigenvalue weighted by molar-refractivity contribution is 6.03. The fourth-order valence-electron chi connectivity index (χ4n) is 3.41. The molecule has 0 bridgehead atoms. The highest BCUT2D eigenvalue weighted by Crippen LogP contribution is 2.40. The topological polar surface area (TPSA) is 93.0 Å². The second-order valence-electron chi connectivity index (χ2n) is 6.56. The van der Waals surface area contributed by atoms with E-state index in [1.165, 1.54) is 43.1 Å². The SMILES string of the molecule is COC(=O)C1=C(C)N(c2ccc([N+](=O)[O-])cc2)C(=O)N(C)[C@@H]1c1ccc(F)cc1F. The monoisotopic (exact) mass is 417 g/mol. The molecule has 1 aliphatic heterocycles. The minimum Gasteiger partial charge on any atom is -0.466 e. The second-order valence-corrected chi connectivity index (χ2v) is 6.56. The number of non-ortho nitro benzene ring substituents is 1. The standard InChI is InChI=1S/C20H17F2N3O5/c1-11-17(19(26)30-3)18(15-9-4-12(21)10-16(15)22)23(2)20(27)24(11)13-5-7-14(8-6-13)25(28)29/h4-10,18H,1-3H3/t18-/m1/s1. The number of ether oxygens (including phenoxy) is 1. The maximum atomic E-state index is 14.5. The van der Waals surface area contributed by atoms with Gasteiger partial charge < -0.3 is 9.64 Å². The summed E-state index contributed by atoms with van der Waals surface area (Å²) in [5, 5.41) is 10.9. The van der Waals surface area contributed by atoms with Gasteiger partial charge in [-0.25, -0.2) is 18.4 Å². The summed E-state index contributed by atoms with van der Waals surface area (Å²) in [6.07, 6.45) is 0. The predicted octanol–water partition coefficient (Wildman–Crippen LogP) is 3.93. The van der Waals surface area contributed by atoms with Crippen LogP contribution in [0.15, 0.2) is 53.7 Å². The van der Waals surface area contributed by atoms with E-state index in [0.29, 0.717) is 6.07 Å². The van der Waals surface area contributed by atoms with Crippen LogP contribution in [-0.2, 0) is 9.53 Å². The number of amides is 2. The molecule has 2 amide bonds. The minimum absolute atomic E-state index is 0.0246. The fraction of sp³-hybridized carbons (Fsp3) is 0.200. The molecule has 0 saturated carbocycles. The Balaban J connectivity index is 2.19. The van der Waals surface area contributed by atoms with Crippen molar-refractivity contribution in [3.8, 4) is 0 Å². The summed E-state index contributed by atoms with van der Waals surface area (Å²) >= 11 is 0. The summed E-state index contributed by atoms with van der Waals surface area (Å²) in [6, 6.07) is 6.27. The lowest BCUT2D eigenvalue weighted by Gasteiger charge is -2.40. The smallest absolute Gasteiger partial charge is 0.338 e. The quantitative estimate of drug-likeness (QED) is 0.427. The second kappa shape index (κ2) is 7.90. The molecule has 1 atom stereocenters. The fourth-order valence-corrected chi connectivity index (χ4v) is 3.41. The third-order valence-electron chi connectivity index (χ3n) is 4.86. The van der Waals surface area contributed by atoms with E-state index in [4.69, 9.17) is 4.74 Å². The number of methoxy groups -OCH3 is 1. The number of esters is 1.